The molecule has 4 nitrogen and oxygen atoms in total. The Morgan fingerprint density at radius 1 is 1.22 bits per heavy atom. The van der Waals surface area contributed by atoms with Crippen LogP contribution in [-0.2, 0) is 11.3 Å². The maximum atomic E-state index is 14.3. The number of fused-ring (bicyclic) bond motifs is 1. The van der Waals surface area contributed by atoms with Crippen molar-refractivity contribution in [1.82, 2.24) is 9.47 Å². The predicted octanol–water partition coefficient (Wildman–Crippen LogP) is 3.19. The molecule has 3 rings (SSSR count). The van der Waals surface area contributed by atoms with Crippen LogP contribution in [0.15, 0.2) is 18.3 Å². The Morgan fingerprint density at radius 3 is 2.65 bits per heavy atom. The van der Waals surface area contributed by atoms with Crippen LogP contribution in [-0.4, -0.2) is 42.2 Å². The number of carbonyl (C=O) groups is 1. The van der Waals surface area contributed by atoms with Crippen LogP contribution >= 0.6 is 0 Å². The van der Waals surface area contributed by atoms with Crippen molar-refractivity contribution in [1.29, 1.82) is 0 Å². The number of benzene rings is 1. The minimum Gasteiger partial charge on any atom is -0.383 e. The van der Waals surface area contributed by atoms with Crippen molar-refractivity contribution < 1.29 is 18.3 Å². The fraction of sp³-hybridized carbons (Fsp3) is 0.471. The predicted molar refractivity (Wildman–Crippen MR) is 83.5 cm³/mol. The van der Waals surface area contributed by atoms with E-state index >= 15 is 0 Å². The molecule has 124 valence electrons. The van der Waals surface area contributed by atoms with Gasteiger partial charge in [-0.25, -0.2) is 8.78 Å². The van der Waals surface area contributed by atoms with E-state index in [1.807, 2.05) is 0 Å². The minimum atomic E-state index is -0.959. The number of rotatable bonds is 4. The molecular weight excluding hydrogens is 302 g/mol. The van der Waals surface area contributed by atoms with Crippen molar-refractivity contribution in [3.05, 3.63) is 35.5 Å². The number of hydrogen-bond acceptors (Lipinski definition) is 2. The maximum absolute atomic E-state index is 14.3. The lowest BCUT2D eigenvalue weighted by atomic mass is 10.1. The van der Waals surface area contributed by atoms with Crippen LogP contribution < -0.4 is 0 Å². The summed E-state index contributed by atoms with van der Waals surface area (Å²) in [7, 11) is 1.58. The highest BCUT2D eigenvalue weighted by atomic mass is 19.2. The fourth-order valence-electron chi connectivity index (χ4n) is 3.13. The molecule has 1 aromatic carbocycles. The van der Waals surface area contributed by atoms with E-state index in [9.17, 15) is 13.6 Å². The monoisotopic (exact) mass is 322 g/mol. The van der Waals surface area contributed by atoms with E-state index < -0.39 is 11.6 Å². The van der Waals surface area contributed by atoms with Crippen molar-refractivity contribution in [3.63, 3.8) is 0 Å². The molecule has 0 bridgehead atoms. The van der Waals surface area contributed by atoms with Crippen molar-refractivity contribution in [2.45, 2.75) is 25.8 Å². The Hall–Kier alpha value is -1.95. The number of carbonyl (C=O) groups excluding carboxylic acids is 1. The SMILES string of the molecule is COCCn1cc(C(=O)N2CCCCC2)c2c(F)c(F)ccc21. The zero-order chi connectivity index (χ0) is 16.4. The molecule has 2 aromatic rings. The van der Waals surface area contributed by atoms with E-state index in [-0.39, 0.29) is 16.9 Å². The van der Waals surface area contributed by atoms with Crippen LogP contribution in [0.1, 0.15) is 29.6 Å². The van der Waals surface area contributed by atoms with Gasteiger partial charge in [0.15, 0.2) is 11.6 Å². The largest absolute Gasteiger partial charge is 0.383 e. The van der Waals surface area contributed by atoms with Crippen molar-refractivity contribution in [2.24, 2.45) is 0 Å². The number of aromatic nitrogens is 1. The first-order valence-electron chi connectivity index (χ1n) is 7.88. The smallest absolute Gasteiger partial charge is 0.256 e. The third kappa shape index (κ3) is 2.95. The first-order chi connectivity index (χ1) is 11.1. The average molecular weight is 322 g/mol. The second-order valence-electron chi connectivity index (χ2n) is 5.84. The maximum Gasteiger partial charge on any atom is 0.256 e. The van der Waals surface area contributed by atoms with Crippen molar-refractivity contribution >= 4 is 16.8 Å². The van der Waals surface area contributed by atoms with E-state index in [2.05, 4.69) is 0 Å². The fourth-order valence-corrected chi connectivity index (χ4v) is 3.13. The number of methoxy groups -OCH3 is 1. The summed E-state index contributed by atoms with van der Waals surface area (Å²) < 4.78 is 34.8. The normalized spacial score (nSPS) is 15.3. The number of hydrogen-bond donors (Lipinski definition) is 0. The quantitative estimate of drug-likeness (QED) is 0.866. The summed E-state index contributed by atoms with van der Waals surface area (Å²) in [5.74, 6) is -2.12. The van der Waals surface area contributed by atoms with Gasteiger partial charge in [0.25, 0.3) is 5.91 Å². The number of piperidine rings is 1. The van der Waals surface area contributed by atoms with Gasteiger partial charge in [-0.1, -0.05) is 0 Å². The molecule has 0 aliphatic carbocycles. The van der Waals surface area contributed by atoms with Gasteiger partial charge in [0, 0.05) is 32.9 Å². The molecule has 1 aliphatic heterocycles. The van der Waals surface area contributed by atoms with Crippen molar-refractivity contribution in [3.8, 4) is 0 Å². The molecule has 0 unspecified atom stereocenters. The number of nitrogens with zero attached hydrogens (tertiary/aromatic N) is 2. The Balaban J connectivity index is 2.07. The van der Waals surface area contributed by atoms with Gasteiger partial charge < -0.3 is 14.2 Å². The summed E-state index contributed by atoms with van der Waals surface area (Å²) >= 11 is 0. The molecule has 1 aromatic heterocycles. The van der Waals surface area contributed by atoms with Gasteiger partial charge in [-0.15, -0.1) is 0 Å². The van der Waals surface area contributed by atoms with Gasteiger partial charge in [0.05, 0.1) is 23.1 Å². The lowest BCUT2D eigenvalue weighted by molar-refractivity contribution is 0.0725. The number of likely N-dealkylation sites (tertiary alicyclic amines) is 1. The highest BCUT2D eigenvalue weighted by Crippen LogP contribution is 2.28. The van der Waals surface area contributed by atoms with Gasteiger partial charge in [0.1, 0.15) is 0 Å². The van der Waals surface area contributed by atoms with E-state index in [0.717, 1.165) is 25.3 Å². The molecule has 1 saturated heterocycles. The summed E-state index contributed by atoms with van der Waals surface area (Å²) in [6.07, 6.45) is 4.61. The molecule has 0 radical (unpaired) electrons. The second-order valence-corrected chi connectivity index (χ2v) is 5.84. The first kappa shape index (κ1) is 15.9. The molecule has 1 amide bonds. The minimum absolute atomic E-state index is 0.0664. The number of halogens is 2. The second kappa shape index (κ2) is 6.66. The van der Waals surface area contributed by atoms with Gasteiger partial charge in [-0.05, 0) is 31.4 Å². The zero-order valence-electron chi connectivity index (χ0n) is 13.1. The lowest BCUT2D eigenvalue weighted by Crippen LogP contribution is -2.35. The molecule has 23 heavy (non-hydrogen) atoms. The molecule has 0 N–H and O–H groups in total. The number of ether oxygens (including phenoxy) is 1. The molecule has 0 saturated carbocycles. The Kier molecular flexibility index (Phi) is 4.61. The molecule has 2 heterocycles. The van der Waals surface area contributed by atoms with Gasteiger partial charge >= 0.3 is 0 Å². The molecular formula is C17H20F2N2O2. The molecule has 6 heteroatoms. The topological polar surface area (TPSA) is 34.5 Å². The summed E-state index contributed by atoms with van der Waals surface area (Å²) in [4.78, 5) is 14.5. The standard InChI is InChI=1S/C17H20F2N2O2/c1-23-10-9-21-11-12(17(22)20-7-3-2-4-8-20)15-14(21)6-5-13(18)16(15)19/h5-6,11H,2-4,7-10H2,1H3. The van der Waals surface area contributed by atoms with Crippen molar-refractivity contribution in [2.75, 3.05) is 26.8 Å². The number of amides is 1. The molecule has 1 fully saturated rings. The van der Waals surface area contributed by atoms with Crippen LogP contribution in [0.5, 0.6) is 0 Å². The molecule has 0 atom stereocenters. The van der Waals surface area contributed by atoms with Gasteiger partial charge in [-0.2, -0.15) is 0 Å². The van der Waals surface area contributed by atoms with E-state index in [1.54, 1.807) is 22.8 Å². The molecule has 0 spiro atoms. The summed E-state index contributed by atoms with van der Waals surface area (Å²) in [6, 6.07) is 2.60. The van der Waals surface area contributed by atoms with E-state index in [1.165, 1.54) is 6.07 Å². The summed E-state index contributed by atoms with van der Waals surface area (Å²) in [5.41, 5.74) is 0.747. The van der Waals surface area contributed by atoms with Gasteiger partial charge in [0.2, 0.25) is 0 Å². The van der Waals surface area contributed by atoms with Crippen LogP contribution in [0.25, 0.3) is 10.9 Å². The third-order valence-electron chi connectivity index (χ3n) is 4.35. The summed E-state index contributed by atoms with van der Waals surface area (Å²) in [6.45, 7) is 2.24. The van der Waals surface area contributed by atoms with Crippen LogP contribution in [0.4, 0.5) is 8.78 Å². The average Bonchev–Trinajstić information content (AvgIpc) is 2.95. The van der Waals surface area contributed by atoms with E-state index in [4.69, 9.17) is 4.74 Å². The van der Waals surface area contributed by atoms with Crippen LogP contribution in [0.2, 0.25) is 0 Å². The third-order valence-corrected chi connectivity index (χ3v) is 4.35. The highest BCUT2D eigenvalue weighted by Gasteiger charge is 2.25. The van der Waals surface area contributed by atoms with Gasteiger partial charge in [-0.3, -0.25) is 4.79 Å². The zero-order valence-corrected chi connectivity index (χ0v) is 13.1. The van der Waals surface area contributed by atoms with E-state index in [0.29, 0.717) is 31.8 Å². The summed E-state index contributed by atoms with van der Waals surface area (Å²) in [5, 5.41) is 0.0664. The Morgan fingerprint density at radius 2 is 1.96 bits per heavy atom. The Labute approximate surface area is 133 Å². The molecule has 1 aliphatic rings. The Bertz CT molecular complexity index is 721. The lowest BCUT2D eigenvalue weighted by Gasteiger charge is -2.26. The van der Waals surface area contributed by atoms with Crippen LogP contribution in [0.3, 0.4) is 0 Å². The first-order valence-corrected chi connectivity index (χ1v) is 7.88. The highest BCUT2D eigenvalue weighted by molar-refractivity contribution is 6.07. The van der Waals surface area contributed by atoms with Crippen LogP contribution in [0, 0.1) is 11.6 Å².